The van der Waals surface area contributed by atoms with Gasteiger partial charge in [-0.2, -0.15) is 26.3 Å². The molecule has 1 amide bonds. The number of carbonyl (C=O) groups is 3. The summed E-state index contributed by atoms with van der Waals surface area (Å²) in [6.07, 6.45) is -9.95. The summed E-state index contributed by atoms with van der Waals surface area (Å²) in [7, 11) is 0. The Morgan fingerprint density at radius 3 is 2.12 bits per heavy atom. The number of nitrogens with zero attached hydrogens (tertiary/aromatic N) is 4. The van der Waals surface area contributed by atoms with Crippen LogP contribution >= 0.6 is 0 Å². The summed E-state index contributed by atoms with van der Waals surface area (Å²) in [6.45, 7) is 5.02. The molecule has 0 saturated carbocycles. The Balaban J connectivity index is 1.62. The number of aromatic nitrogens is 3. The van der Waals surface area contributed by atoms with Crippen LogP contribution in [-0.4, -0.2) is 64.9 Å². The first-order valence-corrected chi connectivity index (χ1v) is 18.4. The van der Waals surface area contributed by atoms with Gasteiger partial charge in [0.1, 0.15) is 18.1 Å². The van der Waals surface area contributed by atoms with E-state index in [4.69, 9.17) is 24.7 Å². The molecule has 2 N–H and O–H groups in total. The van der Waals surface area contributed by atoms with Crippen molar-refractivity contribution in [3.63, 3.8) is 0 Å². The van der Waals surface area contributed by atoms with Crippen LogP contribution in [0, 0.1) is 0 Å². The number of amides is 1. The molecule has 2 aromatic carbocycles. The number of halogens is 6. The normalized spacial score (nSPS) is 16.7. The monoisotopic (exact) mass is 817 g/mol. The Morgan fingerprint density at radius 2 is 1.50 bits per heavy atom. The molecule has 58 heavy (non-hydrogen) atoms. The van der Waals surface area contributed by atoms with Crippen molar-refractivity contribution < 1.29 is 59.7 Å². The summed E-state index contributed by atoms with van der Waals surface area (Å²) in [4.78, 5) is 53.6. The van der Waals surface area contributed by atoms with Gasteiger partial charge in [-0.3, -0.25) is 9.69 Å². The van der Waals surface area contributed by atoms with Gasteiger partial charge in [0, 0.05) is 18.9 Å². The van der Waals surface area contributed by atoms with Crippen LogP contribution in [0.15, 0.2) is 66.9 Å². The van der Waals surface area contributed by atoms with Crippen molar-refractivity contribution in [2.45, 2.75) is 83.4 Å². The molecular formula is C40H41F6N5O7. The van der Waals surface area contributed by atoms with Crippen molar-refractivity contribution in [1.82, 2.24) is 15.0 Å². The smallest absolute Gasteiger partial charge is 0.416 e. The van der Waals surface area contributed by atoms with Crippen molar-refractivity contribution in [2.75, 3.05) is 24.7 Å². The maximum Gasteiger partial charge on any atom is 0.416 e. The Hall–Kier alpha value is -5.78. The lowest BCUT2D eigenvalue weighted by molar-refractivity contribution is -0.144. The summed E-state index contributed by atoms with van der Waals surface area (Å²) < 4.78 is 105. The van der Waals surface area contributed by atoms with E-state index >= 15 is 0 Å². The molecule has 0 saturated heterocycles. The highest BCUT2D eigenvalue weighted by Gasteiger charge is 2.45. The van der Waals surface area contributed by atoms with Crippen LogP contribution in [0.4, 0.5) is 36.8 Å². The summed E-state index contributed by atoms with van der Waals surface area (Å²) >= 11 is 0. The van der Waals surface area contributed by atoms with Crippen LogP contribution in [0.3, 0.4) is 0 Å². The molecule has 2 aromatic heterocycles. The first-order chi connectivity index (χ1) is 27.5. The average Bonchev–Trinajstić information content (AvgIpc) is 3.18. The van der Waals surface area contributed by atoms with E-state index in [0.717, 1.165) is 0 Å². The second-order valence-corrected chi connectivity index (χ2v) is 13.1. The molecule has 18 heteroatoms. The van der Waals surface area contributed by atoms with Crippen LogP contribution < -0.4 is 15.4 Å². The van der Waals surface area contributed by atoms with Gasteiger partial charge >= 0.3 is 30.4 Å². The van der Waals surface area contributed by atoms with Gasteiger partial charge in [0.25, 0.3) is 0 Å². The van der Waals surface area contributed by atoms with Crippen molar-refractivity contribution in [3.8, 4) is 5.75 Å². The van der Waals surface area contributed by atoms with Crippen LogP contribution in [0.25, 0.3) is 0 Å². The van der Waals surface area contributed by atoms with E-state index in [2.05, 4.69) is 15.0 Å². The number of nitrogens with two attached hydrogens (primary N) is 1. The molecule has 12 nitrogen and oxygen atoms in total. The number of esters is 2. The summed E-state index contributed by atoms with van der Waals surface area (Å²) in [6, 6.07) is 11.1. The minimum atomic E-state index is -5.11. The second kappa shape index (κ2) is 18.7. The van der Waals surface area contributed by atoms with Crippen LogP contribution in [-0.2, 0) is 44.4 Å². The number of anilines is 1. The van der Waals surface area contributed by atoms with Crippen LogP contribution in [0.5, 0.6) is 5.75 Å². The van der Waals surface area contributed by atoms with Crippen molar-refractivity contribution in [2.24, 2.45) is 5.73 Å². The molecule has 4 aromatic rings. The predicted octanol–water partition coefficient (Wildman–Crippen LogP) is 7.79. The molecule has 3 atom stereocenters. The molecule has 3 unspecified atom stereocenters. The predicted molar refractivity (Wildman–Crippen MR) is 196 cm³/mol. The summed E-state index contributed by atoms with van der Waals surface area (Å²) in [5, 5.41) is 0. The molecule has 1 aliphatic rings. The van der Waals surface area contributed by atoms with Crippen molar-refractivity contribution in [1.29, 1.82) is 0 Å². The number of alkyl halides is 6. The van der Waals surface area contributed by atoms with Gasteiger partial charge in [0.2, 0.25) is 0 Å². The molecule has 0 aliphatic carbocycles. The molecule has 3 heterocycles. The minimum absolute atomic E-state index is 0.0218. The largest absolute Gasteiger partial charge is 0.490 e. The van der Waals surface area contributed by atoms with E-state index in [1.54, 1.807) is 51.1 Å². The van der Waals surface area contributed by atoms with Gasteiger partial charge in [0.05, 0.1) is 66.2 Å². The average molecular weight is 818 g/mol. The summed E-state index contributed by atoms with van der Waals surface area (Å²) in [5.41, 5.74) is 4.16. The maximum atomic E-state index is 13.9. The second-order valence-electron chi connectivity index (χ2n) is 13.1. The lowest BCUT2D eigenvalue weighted by Gasteiger charge is -2.43. The molecular weight excluding hydrogens is 776 g/mol. The van der Waals surface area contributed by atoms with Gasteiger partial charge in [0.15, 0.2) is 5.75 Å². The summed E-state index contributed by atoms with van der Waals surface area (Å²) in [5.74, 6) is -2.55. The molecule has 5 rings (SSSR count). The number of ether oxygens (including phenoxy) is 4. The zero-order valence-corrected chi connectivity index (χ0v) is 31.7. The van der Waals surface area contributed by atoms with Gasteiger partial charge in [-0.05, 0) is 68.1 Å². The number of rotatable bonds is 14. The number of fused-ring (bicyclic) bond motifs is 1. The minimum Gasteiger partial charge on any atom is -0.490 e. The number of benzene rings is 2. The molecule has 0 radical (unpaired) electrons. The molecule has 310 valence electrons. The van der Waals surface area contributed by atoms with E-state index in [1.165, 1.54) is 23.2 Å². The van der Waals surface area contributed by atoms with E-state index in [9.17, 15) is 40.7 Å². The molecule has 0 spiro atoms. The molecule has 1 aliphatic heterocycles. The number of pyridine rings is 1. The zero-order chi connectivity index (χ0) is 42.2. The van der Waals surface area contributed by atoms with E-state index in [-0.39, 0.29) is 86.1 Å². The highest BCUT2D eigenvalue weighted by molar-refractivity contribution is 5.92. The number of hydrogen-bond donors (Lipinski definition) is 1. The van der Waals surface area contributed by atoms with Crippen LogP contribution in [0.2, 0.25) is 0 Å². The van der Waals surface area contributed by atoms with E-state index < -0.39 is 71.5 Å². The molecule has 0 fully saturated rings. The zero-order valence-electron chi connectivity index (χ0n) is 31.7. The first kappa shape index (κ1) is 43.3. The fraction of sp³-hybridized carbons (Fsp3) is 0.400. The number of carbonyl (C=O) groups excluding carboxylic acids is 3. The highest BCUT2D eigenvalue weighted by Crippen LogP contribution is 2.42. The van der Waals surface area contributed by atoms with Gasteiger partial charge in [-0.1, -0.05) is 37.3 Å². The number of hydrogen-bond acceptors (Lipinski definition) is 11. The molecule has 0 bridgehead atoms. The van der Waals surface area contributed by atoms with Crippen LogP contribution in [0.1, 0.15) is 95.9 Å². The SMILES string of the molecule is CCOC(=O)CCCOc1cnc(C2c3nc(C(=O)OCc4ccccc4)ccc3N(C(=O)OCC)C(CC)C2N)nc1Cc1cc(C(F)(F)F)cc(C(F)(F)F)c1. The quantitative estimate of drug-likeness (QED) is 0.0574. The Morgan fingerprint density at radius 1 is 0.828 bits per heavy atom. The maximum absolute atomic E-state index is 13.9. The van der Waals surface area contributed by atoms with Crippen molar-refractivity contribution >= 4 is 23.7 Å². The third-order valence-electron chi connectivity index (χ3n) is 9.16. The standard InChI is InChI=1S/C40H41F6N5O7/c1-4-29-34(47)33(35-30(51(29)38(54)56-6-3)15-14-27(49-35)37(53)58-22-23-11-8-7-9-12-23)36-48-21-31(57-16-10-13-32(52)55-5-2)28(50-36)19-24-17-25(39(41,42)43)20-26(18-24)40(44,45)46/h7-9,11-12,14-15,17-18,20-21,29,33-34H,4-6,10,13,16,19,22,47H2,1-3H3. The lowest BCUT2D eigenvalue weighted by Crippen LogP contribution is -2.57. The van der Waals surface area contributed by atoms with Gasteiger partial charge < -0.3 is 24.7 Å². The van der Waals surface area contributed by atoms with E-state index in [1.807, 2.05) is 0 Å². The highest BCUT2D eigenvalue weighted by atomic mass is 19.4. The Kier molecular flexibility index (Phi) is 13.9. The van der Waals surface area contributed by atoms with Crippen molar-refractivity contribution in [3.05, 3.63) is 112 Å². The fourth-order valence-corrected chi connectivity index (χ4v) is 6.51. The fourth-order valence-electron chi connectivity index (χ4n) is 6.51. The topological polar surface area (TPSA) is 156 Å². The van der Waals surface area contributed by atoms with E-state index in [0.29, 0.717) is 17.7 Å². The first-order valence-electron chi connectivity index (χ1n) is 18.4. The lowest BCUT2D eigenvalue weighted by atomic mass is 9.82. The third-order valence-corrected chi connectivity index (χ3v) is 9.16. The third kappa shape index (κ3) is 10.4. The van der Waals surface area contributed by atoms with Gasteiger partial charge in [-0.15, -0.1) is 0 Å². The Bertz CT molecular complexity index is 2050. The van der Waals surface area contributed by atoms with Gasteiger partial charge in [-0.25, -0.2) is 24.5 Å². The Labute approximate surface area is 329 Å².